The van der Waals surface area contributed by atoms with E-state index in [1.807, 2.05) is 6.07 Å². The average molecular weight is 332 g/mol. The predicted molar refractivity (Wildman–Crippen MR) is 79.7 cm³/mol. The van der Waals surface area contributed by atoms with Crippen LogP contribution in [0.25, 0.3) is 0 Å². The van der Waals surface area contributed by atoms with E-state index >= 15 is 0 Å². The zero-order chi connectivity index (χ0) is 16.2. The molecule has 1 N–H and O–H groups in total. The van der Waals surface area contributed by atoms with E-state index in [4.69, 9.17) is 5.26 Å². The van der Waals surface area contributed by atoms with Gasteiger partial charge in [0.25, 0.3) is 10.0 Å². The lowest BCUT2D eigenvalue weighted by Crippen LogP contribution is -2.33. The van der Waals surface area contributed by atoms with Crippen molar-refractivity contribution in [1.82, 2.24) is 4.31 Å². The van der Waals surface area contributed by atoms with Crippen LogP contribution in [-0.2, 0) is 10.0 Å². The van der Waals surface area contributed by atoms with Gasteiger partial charge < -0.3 is 5.32 Å². The number of anilines is 1. The highest BCUT2D eigenvalue weighted by Gasteiger charge is 2.30. The first-order valence-corrected chi connectivity index (χ1v) is 8.39. The Morgan fingerprint density at radius 2 is 2.24 bits per heavy atom. The molecule has 0 aliphatic carbocycles. The standard InChI is InChI=1S/C11H16N4O4S2/c1-4-14(7-8(2)6-12)21(18,19)10-5-9(15(16)17)11(13-3)20-10/h5,8,13H,4,7H2,1-3H3. The van der Waals surface area contributed by atoms with Gasteiger partial charge in [0.1, 0.15) is 4.21 Å². The maximum atomic E-state index is 12.5. The van der Waals surface area contributed by atoms with Crippen LogP contribution in [0.2, 0.25) is 0 Å². The van der Waals surface area contributed by atoms with Gasteiger partial charge in [-0.05, 0) is 6.92 Å². The fourth-order valence-corrected chi connectivity index (χ4v) is 4.65. The monoisotopic (exact) mass is 332 g/mol. The van der Waals surface area contributed by atoms with Crippen LogP contribution >= 0.6 is 11.3 Å². The highest BCUT2D eigenvalue weighted by molar-refractivity contribution is 7.91. The van der Waals surface area contributed by atoms with E-state index in [2.05, 4.69) is 5.32 Å². The summed E-state index contributed by atoms with van der Waals surface area (Å²) in [7, 11) is -2.35. The van der Waals surface area contributed by atoms with Crippen LogP contribution in [0.4, 0.5) is 10.7 Å². The Hall–Kier alpha value is -1.70. The molecule has 0 bridgehead atoms. The van der Waals surface area contributed by atoms with Crippen molar-refractivity contribution in [2.45, 2.75) is 18.1 Å². The molecule has 0 aliphatic heterocycles. The first-order chi connectivity index (χ1) is 9.77. The van der Waals surface area contributed by atoms with Crippen molar-refractivity contribution in [3.8, 4) is 6.07 Å². The molecule has 0 amide bonds. The van der Waals surface area contributed by atoms with Crippen molar-refractivity contribution in [2.24, 2.45) is 5.92 Å². The number of nitrogens with zero attached hydrogens (tertiary/aromatic N) is 3. The van der Waals surface area contributed by atoms with Gasteiger partial charge in [0.15, 0.2) is 5.00 Å². The van der Waals surface area contributed by atoms with E-state index in [0.717, 1.165) is 21.7 Å². The summed E-state index contributed by atoms with van der Waals surface area (Å²) in [6.07, 6.45) is 0. The van der Waals surface area contributed by atoms with E-state index in [1.54, 1.807) is 13.8 Å². The number of hydrogen-bond donors (Lipinski definition) is 1. The molecule has 0 aromatic carbocycles. The summed E-state index contributed by atoms with van der Waals surface area (Å²) in [5.41, 5.74) is -0.273. The lowest BCUT2D eigenvalue weighted by Gasteiger charge is -2.20. The lowest BCUT2D eigenvalue weighted by molar-refractivity contribution is -0.383. The Kier molecular flexibility index (Phi) is 5.65. The number of nitriles is 1. The van der Waals surface area contributed by atoms with E-state index in [0.29, 0.717) is 0 Å². The lowest BCUT2D eigenvalue weighted by atomic mass is 10.2. The number of thiophene rings is 1. The molecule has 0 radical (unpaired) electrons. The Bertz CT molecular complexity index is 662. The molecular weight excluding hydrogens is 316 g/mol. The largest absolute Gasteiger partial charge is 0.374 e. The maximum absolute atomic E-state index is 12.5. The molecule has 1 unspecified atom stereocenters. The Morgan fingerprint density at radius 1 is 1.62 bits per heavy atom. The summed E-state index contributed by atoms with van der Waals surface area (Å²) in [4.78, 5) is 10.3. The molecule has 0 aliphatic rings. The molecular formula is C11H16N4O4S2. The van der Waals surface area contributed by atoms with Gasteiger partial charge >= 0.3 is 5.69 Å². The Balaban J connectivity index is 3.23. The molecule has 116 valence electrons. The highest BCUT2D eigenvalue weighted by atomic mass is 32.2. The summed E-state index contributed by atoms with van der Waals surface area (Å²) < 4.78 is 26.0. The third kappa shape index (κ3) is 3.69. The van der Waals surface area contributed by atoms with Crippen molar-refractivity contribution in [2.75, 3.05) is 25.5 Å². The molecule has 0 saturated heterocycles. The van der Waals surface area contributed by atoms with Gasteiger partial charge in [0.05, 0.1) is 16.9 Å². The van der Waals surface area contributed by atoms with Crippen LogP contribution in [0.5, 0.6) is 0 Å². The quantitative estimate of drug-likeness (QED) is 0.602. The molecule has 0 spiro atoms. The van der Waals surface area contributed by atoms with Gasteiger partial charge in [-0.1, -0.05) is 18.3 Å². The van der Waals surface area contributed by atoms with Gasteiger partial charge in [-0.2, -0.15) is 9.57 Å². The molecule has 1 heterocycles. The molecule has 1 aromatic heterocycles. The van der Waals surface area contributed by atoms with Crippen molar-refractivity contribution < 1.29 is 13.3 Å². The first-order valence-electron chi connectivity index (χ1n) is 6.13. The Labute approximate surface area is 127 Å². The minimum absolute atomic E-state index is 0.0515. The molecule has 1 rings (SSSR count). The summed E-state index contributed by atoms with van der Waals surface area (Å²) in [5.74, 6) is -0.460. The number of nitro groups is 1. The minimum Gasteiger partial charge on any atom is -0.374 e. The van der Waals surface area contributed by atoms with Gasteiger partial charge in [-0.25, -0.2) is 8.42 Å². The normalized spacial score (nSPS) is 12.9. The zero-order valence-corrected chi connectivity index (χ0v) is 13.5. The Morgan fingerprint density at radius 3 is 2.62 bits per heavy atom. The molecule has 0 saturated carbocycles. The van der Waals surface area contributed by atoms with E-state index < -0.39 is 20.9 Å². The molecule has 21 heavy (non-hydrogen) atoms. The summed E-state index contributed by atoms with van der Waals surface area (Å²) in [6.45, 7) is 3.52. The molecule has 8 nitrogen and oxygen atoms in total. The van der Waals surface area contributed by atoms with E-state index in [9.17, 15) is 18.5 Å². The maximum Gasteiger partial charge on any atom is 0.304 e. The number of hydrogen-bond acceptors (Lipinski definition) is 7. The van der Waals surface area contributed by atoms with E-state index in [-0.39, 0.29) is 28.0 Å². The van der Waals surface area contributed by atoms with Crippen molar-refractivity contribution in [3.05, 3.63) is 16.2 Å². The predicted octanol–water partition coefficient (Wildman–Crippen LogP) is 1.87. The second kappa shape index (κ2) is 6.84. The van der Waals surface area contributed by atoms with Crippen LogP contribution in [-0.4, -0.2) is 37.8 Å². The van der Waals surface area contributed by atoms with Crippen molar-refractivity contribution in [3.63, 3.8) is 0 Å². The molecule has 10 heteroatoms. The fourth-order valence-electron chi connectivity index (χ4n) is 1.67. The van der Waals surface area contributed by atoms with Gasteiger partial charge in [-0.15, -0.1) is 0 Å². The third-order valence-electron chi connectivity index (χ3n) is 2.76. The van der Waals surface area contributed by atoms with Gasteiger partial charge in [0.2, 0.25) is 0 Å². The second-order valence-electron chi connectivity index (χ2n) is 4.27. The molecule has 0 fully saturated rings. The molecule has 1 atom stereocenters. The summed E-state index contributed by atoms with van der Waals surface area (Å²) in [6, 6.07) is 3.02. The van der Waals surface area contributed by atoms with Crippen molar-refractivity contribution >= 4 is 32.0 Å². The number of rotatable bonds is 7. The third-order valence-corrected chi connectivity index (χ3v) is 6.29. The number of nitrogens with one attached hydrogen (secondary N) is 1. The van der Waals surface area contributed by atoms with Gasteiger partial charge in [0, 0.05) is 26.2 Å². The van der Waals surface area contributed by atoms with Crippen molar-refractivity contribution in [1.29, 1.82) is 5.26 Å². The van der Waals surface area contributed by atoms with Crippen LogP contribution < -0.4 is 5.32 Å². The van der Waals surface area contributed by atoms with Crippen LogP contribution in [0.15, 0.2) is 10.3 Å². The zero-order valence-electron chi connectivity index (χ0n) is 11.9. The minimum atomic E-state index is -3.85. The van der Waals surface area contributed by atoms with E-state index in [1.165, 1.54) is 7.05 Å². The van der Waals surface area contributed by atoms with Crippen LogP contribution in [0, 0.1) is 27.4 Å². The smallest absolute Gasteiger partial charge is 0.304 e. The average Bonchev–Trinajstić information content (AvgIpc) is 2.89. The van der Waals surface area contributed by atoms with Gasteiger partial charge in [-0.3, -0.25) is 10.1 Å². The molecule has 1 aromatic rings. The summed E-state index contributed by atoms with van der Waals surface area (Å²) >= 11 is 0.808. The summed E-state index contributed by atoms with van der Waals surface area (Å²) in [5, 5.41) is 22.5. The highest BCUT2D eigenvalue weighted by Crippen LogP contribution is 2.37. The SMILES string of the molecule is CCN(CC(C)C#N)S(=O)(=O)c1cc([N+](=O)[O-])c(NC)s1. The number of sulfonamides is 1. The van der Waals surface area contributed by atoms with Crippen LogP contribution in [0.1, 0.15) is 13.8 Å². The van der Waals surface area contributed by atoms with Crippen LogP contribution in [0.3, 0.4) is 0 Å². The first kappa shape index (κ1) is 17.4. The second-order valence-corrected chi connectivity index (χ2v) is 7.49. The topological polar surface area (TPSA) is 116 Å². The fraction of sp³-hybridized carbons (Fsp3) is 0.545.